The molecule has 0 amide bonds. The molecule has 0 N–H and O–H groups in total. The Balaban J connectivity index is 2.41. The van der Waals surface area contributed by atoms with Crippen molar-refractivity contribution in [3.05, 3.63) is 54.4 Å². The second-order valence-electron chi connectivity index (χ2n) is 4.22. The molecule has 0 heterocycles. The second-order valence-corrected chi connectivity index (χ2v) is 4.22. The maximum absolute atomic E-state index is 14.0. The summed E-state index contributed by atoms with van der Waals surface area (Å²) in [5.74, 6) is 0.524. The third-order valence-corrected chi connectivity index (χ3v) is 2.88. The lowest BCUT2D eigenvalue weighted by Crippen LogP contribution is -1.93. The molecule has 94 valence electrons. The standard InChI is InChI=1S/C16H17FO/c1-3-5-6-12-9-13-7-8-14(18-4-2)11-15(13)16(17)10-12/h3,7-11H,1,4-6H2,2H3. The molecule has 2 heteroatoms. The smallest absolute Gasteiger partial charge is 0.131 e. The van der Waals surface area contributed by atoms with Crippen LogP contribution >= 0.6 is 0 Å². The lowest BCUT2D eigenvalue weighted by Gasteiger charge is -2.07. The van der Waals surface area contributed by atoms with Crippen molar-refractivity contribution < 1.29 is 9.13 Å². The maximum atomic E-state index is 14.0. The van der Waals surface area contributed by atoms with E-state index in [2.05, 4.69) is 6.58 Å². The summed E-state index contributed by atoms with van der Waals surface area (Å²) < 4.78 is 19.4. The van der Waals surface area contributed by atoms with Crippen LogP contribution in [0.1, 0.15) is 18.9 Å². The van der Waals surface area contributed by atoms with E-state index in [1.54, 1.807) is 12.1 Å². The minimum Gasteiger partial charge on any atom is -0.494 e. The fraction of sp³-hybridized carbons (Fsp3) is 0.250. The first-order valence-corrected chi connectivity index (χ1v) is 6.20. The largest absolute Gasteiger partial charge is 0.494 e. The summed E-state index contributed by atoms with van der Waals surface area (Å²) in [6.45, 7) is 6.19. The van der Waals surface area contributed by atoms with Gasteiger partial charge in [-0.1, -0.05) is 18.2 Å². The van der Waals surface area contributed by atoms with E-state index in [1.807, 2.05) is 31.2 Å². The van der Waals surface area contributed by atoms with Crippen LogP contribution in [0.15, 0.2) is 43.0 Å². The van der Waals surface area contributed by atoms with E-state index in [-0.39, 0.29) is 5.82 Å². The molecule has 0 radical (unpaired) electrons. The van der Waals surface area contributed by atoms with Gasteiger partial charge in [-0.2, -0.15) is 0 Å². The van der Waals surface area contributed by atoms with Crippen LogP contribution in [0.3, 0.4) is 0 Å². The van der Waals surface area contributed by atoms with E-state index >= 15 is 0 Å². The number of fused-ring (bicyclic) bond motifs is 1. The van der Waals surface area contributed by atoms with Crippen LogP contribution in [0.5, 0.6) is 5.75 Å². The third-order valence-electron chi connectivity index (χ3n) is 2.88. The highest BCUT2D eigenvalue weighted by molar-refractivity contribution is 5.85. The van der Waals surface area contributed by atoms with E-state index in [0.29, 0.717) is 17.7 Å². The average molecular weight is 244 g/mol. The molecule has 2 aromatic carbocycles. The topological polar surface area (TPSA) is 9.23 Å². The average Bonchev–Trinajstić information content (AvgIpc) is 2.37. The van der Waals surface area contributed by atoms with Crippen molar-refractivity contribution in [2.45, 2.75) is 19.8 Å². The predicted octanol–water partition coefficient (Wildman–Crippen LogP) is 4.50. The summed E-state index contributed by atoms with van der Waals surface area (Å²) in [4.78, 5) is 0. The Kier molecular flexibility index (Phi) is 3.98. The van der Waals surface area contributed by atoms with Gasteiger partial charge < -0.3 is 4.74 Å². The Labute approximate surface area is 107 Å². The molecule has 0 unspecified atom stereocenters. The molecule has 0 aliphatic rings. The molecule has 0 bridgehead atoms. The maximum Gasteiger partial charge on any atom is 0.131 e. The van der Waals surface area contributed by atoms with Gasteiger partial charge in [0.2, 0.25) is 0 Å². The first-order valence-electron chi connectivity index (χ1n) is 6.20. The zero-order valence-corrected chi connectivity index (χ0v) is 10.6. The van der Waals surface area contributed by atoms with E-state index in [0.717, 1.165) is 23.8 Å². The summed E-state index contributed by atoms with van der Waals surface area (Å²) in [5, 5.41) is 1.53. The lowest BCUT2D eigenvalue weighted by atomic mass is 10.0. The van der Waals surface area contributed by atoms with Gasteiger partial charge in [0.1, 0.15) is 11.6 Å². The van der Waals surface area contributed by atoms with Crippen LogP contribution in [0, 0.1) is 5.82 Å². The number of halogens is 1. The molecule has 0 aliphatic carbocycles. The minimum atomic E-state index is -0.187. The Bertz CT molecular complexity index is 560. The molecule has 18 heavy (non-hydrogen) atoms. The molecule has 0 saturated heterocycles. The number of aryl methyl sites for hydroxylation is 1. The summed E-state index contributed by atoms with van der Waals surface area (Å²) >= 11 is 0. The second kappa shape index (κ2) is 5.67. The molecule has 2 rings (SSSR count). The molecule has 1 nitrogen and oxygen atoms in total. The van der Waals surface area contributed by atoms with Crippen LogP contribution in [0.2, 0.25) is 0 Å². The van der Waals surface area contributed by atoms with Crippen molar-refractivity contribution in [3.8, 4) is 5.75 Å². The van der Waals surface area contributed by atoms with Gasteiger partial charge in [-0.15, -0.1) is 6.58 Å². The van der Waals surface area contributed by atoms with Crippen molar-refractivity contribution in [1.29, 1.82) is 0 Å². The van der Waals surface area contributed by atoms with Gasteiger partial charge in [0.05, 0.1) is 6.61 Å². The van der Waals surface area contributed by atoms with Crippen LogP contribution in [0.25, 0.3) is 10.8 Å². The quantitative estimate of drug-likeness (QED) is 0.704. The third kappa shape index (κ3) is 2.70. The van der Waals surface area contributed by atoms with E-state index < -0.39 is 0 Å². The highest BCUT2D eigenvalue weighted by atomic mass is 19.1. The van der Waals surface area contributed by atoms with E-state index in [9.17, 15) is 4.39 Å². The Morgan fingerprint density at radius 1 is 1.28 bits per heavy atom. The van der Waals surface area contributed by atoms with Gasteiger partial charge in [-0.25, -0.2) is 4.39 Å². The molecule has 0 fully saturated rings. The Morgan fingerprint density at radius 3 is 2.83 bits per heavy atom. The molecular formula is C16H17FO. The summed E-state index contributed by atoms with van der Waals surface area (Å²) in [5.41, 5.74) is 1.00. The molecular weight excluding hydrogens is 227 g/mol. The highest BCUT2D eigenvalue weighted by Crippen LogP contribution is 2.25. The normalized spacial score (nSPS) is 10.6. The zero-order chi connectivity index (χ0) is 13.0. The van der Waals surface area contributed by atoms with Crippen molar-refractivity contribution >= 4 is 10.8 Å². The number of hydrogen-bond donors (Lipinski definition) is 0. The van der Waals surface area contributed by atoms with Crippen molar-refractivity contribution in [3.63, 3.8) is 0 Å². The van der Waals surface area contributed by atoms with E-state index in [1.165, 1.54) is 0 Å². The molecule has 0 saturated carbocycles. The molecule has 0 aromatic heterocycles. The number of ether oxygens (including phenoxy) is 1. The molecule has 0 spiro atoms. The summed E-state index contributed by atoms with van der Waals surface area (Å²) in [6.07, 6.45) is 3.53. The van der Waals surface area contributed by atoms with Gasteiger partial charge in [-0.3, -0.25) is 0 Å². The zero-order valence-electron chi connectivity index (χ0n) is 10.6. The molecule has 0 aliphatic heterocycles. The van der Waals surface area contributed by atoms with Gasteiger partial charge in [0.15, 0.2) is 0 Å². The Morgan fingerprint density at radius 2 is 2.11 bits per heavy atom. The predicted molar refractivity (Wildman–Crippen MR) is 73.6 cm³/mol. The number of hydrogen-bond acceptors (Lipinski definition) is 1. The van der Waals surface area contributed by atoms with Crippen molar-refractivity contribution in [2.24, 2.45) is 0 Å². The molecule has 2 aromatic rings. The van der Waals surface area contributed by atoms with Crippen LogP contribution < -0.4 is 4.74 Å². The van der Waals surface area contributed by atoms with Crippen molar-refractivity contribution in [1.82, 2.24) is 0 Å². The monoisotopic (exact) mass is 244 g/mol. The SMILES string of the molecule is C=CCCc1cc(F)c2cc(OCC)ccc2c1. The van der Waals surface area contributed by atoms with Gasteiger partial charge in [-0.05, 0) is 48.9 Å². The van der Waals surface area contributed by atoms with E-state index in [4.69, 9.17) is 4.74 Å². The first kappa shape index (κ1) is 12.6. The van der Waals surface area contributed by atoms with Gasteiger partial charge in [0.25, 0.3) is 0 Å². The highest BCUT2D eigenvalue weighted by Gasteiger charge is 2.05. The number of benzene rings is 2. The van der Waals surface area contributed by atoms with Crippen LogP contribution in [-0.2, 0) is 6.42 Å². The van der Waals surface area contributed by atoms with Crippen LogP contribution in [0.4, 0.5) is 4.39 Å². The fourth-order valence-corrected chi connectivity index (χ4v) is 2.02. The van der Waals surface area contributed by atoms with Crippen molar-refractivity contribution in [2.75, 3.05) is 6.61 Å². The van der Waals surface area contributed by atoms with Crippen LogP contribution in [-0.4, -0.2) is 6.61 Å². The number of allylic oxidation sites excluding steroid dienone is 1. The number of rotatable bonds is 5. The molecule has 0 atom stereocenters. The minimum absolute atomic E-state index is 0.187. The van der Waals surface area contributed by atoms with Gasteiger partial charge >= 0.3 is 0 Å². The Hall–Kier alpha value is -1.83. The fourth-order valence-electron chi connectivity index (χ4n) is 2.02. The lowest BCUT2D eigenvalue weighted by molar-refractivity contribution is 0.340. The first-order chi connectivity index (χ1) is 8.74. The summed E-state index contributed by atoms with van der Waals surface area (Å²) in [7, 11) is 0. The summed E-state index contributed by atoms with van der Waals surface area (Å²) in [6, 6.07) is 9.16. The van der Waals surface area contributed by atoms with Gasteiger partial charge in [0, 0.05) is 5.39 Å².